The summed E-state index contributed by atoms with van der Waals surface area (Å²) < 4.78 is 25.1. The third-order valence-electron chi connectivity index (χ3n) is 3.60. The second-order valence-electron chi connectivity index (χ2n) is 5.71. The molecule has 4 nitrogen and oxygen atoms in total. The minimum atomic E-state index is -0.243. The first-order valence-electron chi connectivity index (χ1n) is 7.60. The maximum Gasteiger partial charge on any atom is 0.150 e. The van der Waals surface area contributed by atoms with E-state index in [1.54, 1.807) is 6.07 Å². The fraction of sp³-hybridized carbons (Fsp3) is 0.625. The number of rotatable bonds is 6. The molecule has 0 aliphatic carbocycles. The van der Waals surface area contributed by atoms with Crippen molar-refractivity contribution in [3.63, 3.8) is 0 Å². The Morgan fingerprint density at radius 2 is 2.00 bits per heavy atom. The minimum Gasteiger partial charge on any atom is -0.491 e. The molecule has 2 N–H and O–H groups in total. The molecule has 0 unspecified atom stereocenters. The van der Waals surface area contributed by atoms with Gasteiger partial charge < -0.3 is 20.1 Å². The van der Waals surface area contributed by atoms with E-state index in [0.717, 1.165) is 25.9 Å². The van der Waals surface area contributed by atoms with Gasteiger partial charge in [-0.2, -0.15) is 0 Å². The summed E-state index contributed by atoms with van der Waals surface area (Å²) >= 11 is 0. The van der Waals surface area contributed by atoms with Crippen LogP contribution in [0.2, 0.25) is 0 Å². The van der Waals surface area contributed by atoms with Gasteiger partial charge in [0.25, 0.3) is 0 Å². The van der Waals surface area contributed by atoms with E-state index in [1.165, 1.54) is 6.07 Å². The standard InChI is InChI=1S/C16H25FN2O2/c1-12(2)20-9-10-21-14-3-4-16(15(17)11-14)19-7-5-13(18)6-8-19/h3-4,11-13H,5-10,18H2,1-2H3. The Hall–Kier alpha value is -1.33. The molecule has 118 valence electrons. The molecule has 1 heterocycles. The smallest absolute Gasteiger partial charge is 0.150 e. The zero-order valence-corrected chi connectivity index (χ0v) is 12.8. The van der Waals surface area contributed by atoms with E-state index in [0.29, 0.717) is 24.7 Å². The van der Waals surface area contributed by atoms with Gasteiger partial charge in [0.15, 0.2) is 0 Å². The molecule has 1 aliphatic rings. The summed E-state index contributed by atoms with van der Waals surface area (Å²) in [6.07, 6.45) is 1.99. The highest BCUT2D eigenvalue weighted by atomic mass is 19.1. The van der Waals surface area contributed by atoms with Gasteiger partial charge in [-0.15, -0.1) is 0 Å². The van der Waals surface area contributed by atoms with Crippen molar-refractivity contribution in [1.29, 1.82) is 0 Å². The van der Waals surface area contributed by atoms with Crippen LogP contribution >= 0.6 is 0 Å². The van der Waals surface area contributed by atoms with Crippen LogP contribution in [-0.2, 0) is 4.74 Å². The van der Waals surface area contributed by atoms with E-state index in [1.807, 2.05) is 24.8 Å². The molecule has 0 aromatic heterocycles. The van der Waals surface area contributed by atoms with Crippen LogP contribution in [-0.4, -0.2) is 38.4 Å². The molecule has 2 rings (SSSR count). The van der Waals surface area contributed by atoms with Crippen molar-refractivity contribution in [3.8, 4) is 5.75 Å². The zero-order valence-electron chi connectivity index (χ0n) is 12.8. The fourth-order valence-electron chi connectivity index (χ4n) is 2.42. The van der Waals surface area contributed by atoms with E-state index in [9.17, 15) is 4.39 Å². The van der Waals surface area contributed by atoms with Crippen molar-refractivity contribution < 1.29 is 13.9 Å². The summed E-state index contributed by atoms with van der Waals surface area (Å²) in [6, 6.07) is 5.28. The Morgan fingerprint density at radius 3 is 2.62 bits per heavy atom. The van der Waals surface area contributed by atoms with Gasteiger partial charge >= 0.3 is 0 Å². The monoisotopic (exact) mass is 296 g/mol. The van der Waals surface area contributed by atoms with Crippen LogP contribution in [0.15, 0.2) is 18.2 Å². The minimum absolute atomic E-state index is 0.179. The quantitative estimate of drug-likeness (QED) is 0.820. The van der Waals surface area contributed by atoms with Crippen LogP contribution in [0.4, 0.5) is 10.1 Å². The van der Waals surface area contributed by atoms with Gasteiger partial charge in [-0.25, -0.2) is 4.39 Å². The summed E-state index contributed by atoms with van der Waals surface area (Å²) in [5, 5.41) is 0. The molecule has 0 spiro atoms. The van der Waals surface area contributed by atoms with Gasteiger partial charge in [0.2, 0.25) is 0 Å². The Kier molecular flexibility index (Phi) is 5.82. The number of benzene rings is 1. The molecule has 0 bridgehead atoms. The Morgan fingerprint density at radius 1 is 1.29 bits per heavy atom. The molecule has 21 heavy (non-hydrogen) atoms. The molecule has 1 saturated heterocycles. The predicted molar refractivity (Wildman–Crippen MR) is 82.4 cm³/mol. The number of hydrogen-bond donors (Lipinski definition) is 1. The van der Waals surface area contributed by atoms with Crippen LogP contribution in [0.5, 0.6) is 5.75 Å². The number of piperidine rings is 1. The molecule has 1 aromatic rings. The maximum atomic E-state index is 14.2. The highest BCUT2D eigenvalue weighted by Crippen LogP contribution is 2.26. The molecular weight excluding hydrogens is 271 g/mol. The SMILES string of the molecule is CC(C)OCCOc1ccc(N2CCC(N)CC2)c(F)c1. The van der Waals surface area contributed by atoms with Gasteiger partial charge in [0, 0.05) is 25.2 Å². The molecule has 5 heteroatoms. The molecule has 0 atom stereocenters. The molecule has 1 aliphatic heterocycles. The lowest BCUT2D eigenvalue weighted by Gasteiger charge is -2.32. The Balaban J connectivity index is 1.88. The van der Waals surface area contributed by atoms with Crippen molar-refractivity contribution in [2.45, 2.75) is 38.8 Å². The first kappa shape index (κ1) is 16.0. The molecule has 0 radical (unpaired) electrons. The fourth-order valence-corrected chi connectivity index (χ4v) is 2.42. The molecule has 1 fully saturated rings. The Bertz CT molecular complexity index is 446. The average molecular weight is 296 g/mol. The second-order valence-corrected chi connectivity index (χ2v) is 5.71. The molecule has 0 saturated carbocycles. The van der Waals surface area contributed by atoms with Gasteiger partial charge in [0.1, 0.15) is 18.2 Å². The maximum absolute atomic E-state index is 14.2. The second kappa shape index (κ2) is 7.61. The van der Waals surface area contributed by atoms with E-state index in [4.69, 9.17) is 15.2 Å². The first-order valence-corrected chi connectivity index (χ1v) is 7.60. The summed E-state index contributed by atoms with van der Waals surface area (Å²) in [5.41, 5.74) is 6.51. The van der Waals surface area contributed by atoms with Crippen molar-refractivity contribution in [2.75, 3.05) is 31.2 Å². The summed E-state index contributed by atoms with van der Waals surface area (Å²) in [4.78, 5) is 2.05. The average Bonchev–Trinajstić information content (AvgIpc) is 2.45. The van der Waals surface area contributed by atoms with Crippen LogP contribution in [0.3, 0.4) is 0 Å². The lowest BCUT2D eigenvalue weighted by molar-refractivity contribution is 0.0552. The summed E-state index contributed by atoms with van der Waals surface area (Å²) in [6.45, 7) is 6.49. The third kappa shape index (κ3) is 4.86. The van der Waals surface area contributed by atoms with Crippen molar-refractivity contribution in [3.05, 3.63) is 24.0 Å². The number of nitrogens with two attached hydrogens (primary N) is 1. The number of anilines is 1. The number of hydrogen-bond acceptors (Lipinski definition) is 4. The molecular formula is C16H25FN2O2. The number of nitrogens with zero attached hydrogens (tertiary/aromatic N) is 1. The third-order valence-corrected chi connectivity index (χ3v) is 3.60. The van der Waals surface area contributed by atoms with Crippen LogP contribution < -0.4 is 15.4 Å². The van der Waals surface area contributed by atoms with Crippen molar-refractivity contribution in [2.24, 2.45) is 5.73 Å². The lowest BCUT2D eigenvalue weighted by atomic mass is 10.1. The highest BCUT2D eigenvalue weighted by molar-refractivity contribution is 5.51. The van der Waals surface area contributed by atoms with Crippen LogP contribution in [0.1, 0.15) is 26.7 Å². The largest absolute Gasteiger partial charge is 0.491 e. The van der Waals surface area contributed by atoms with Gasteiger partial charge in [-0.3, -0.25) is 0 Å². The number of ether oxygens (including phenoxy) is 2. The van der Waals surface area contributed by atoms with Crippen molar-refractivity contribution in [1.82, 2.24) is 0 Å². The Labute approximate surface area is 126 Å². The van der Waals surface area contributed by atoms with Crippen molar-refractivity contribution >= 4 is 5.69 Å². The lowest BCUT2D eigenvalue weighted by Crippen LogP contribution is -2.40. The first-order chi connectivity index (χ1) is 10.1. The van der Waals surface area contributed by atoms with E-state index in [2.05, 4.69) is 0 Å². The van der Waals surface area contributed by atoms with E-state index in [-0.39, 0.29) is 18.0 Å². The molecule has 0 amide bonds. The topological polar surface area (TPSA) is 47.7 Å². The molecule has 1 aromatic carbocycles. The van der Waals surface area contributed by atoms with Crippen LogP contribution in [0.25, 0.3) is 0 Å². The predicted octanol–water partition coefficient (Wildman–Crippen LogP) is 2.56. The summed E-state index contributed by atoms with van der Waals surface area (Å²) in [7, 11) is 0. The van der Waals surface area contributed by atoms with E-state index >= 15 is 0 Å². The number of halogens is 1. The van der Waals surface area contributed by atoms with Gasteiger partial charge in [-0.05, 0) is 38.8 Å². The van der Waals surface area contributed by atoms with Gasteiger partial charge in [-0.1, -0.05) is 0 Å². The zero-order chi connectivity index (χ0) is 15.2. The van der Waals surface area contributed by atoms with E-state index < -0.39 is 0 Å². The van der Waals surface area contributed by atoms with Crippen LogP contribution in [0, 0.1) is 5.82 Å². The summed E-state index contributed by atoms with van der Waals surface area (Å²) in [5.74, 6) is 0.296. The van der Waals surface area contributed by atoms with Gasteiger partial charge in [0.05, 0.1) is 18.4 Å². The normalized spacial score (nSPS) is 16.5. The highest BCUT2D eigenvalue weighted by Gasteiger charge is 2.19.